The van der Waals surface area contributed by atoms with E-state index in [1.54, 1.807) is 6.07 Å². The Morgan fingerprint density at radius 1 is 1.06 bits per heavy atom. The van der Waals surface area contributed by atoms with Gasteiger partial charge in [0.2, 0.25) is 0 Å². The van der Waals surface area contributed by atoms with Crippen molar-refractivity contribution in [2.75, 3.05) is 5.32 Å². The maximum Gasteiger partial charge on any atom is 0.194 e. The second-order valence-corrected chi connectivity index (χ2v) is 3.83. The molecule has 0 saturated carbocycles. The van der Waals surface area contributed by atoms with Crippen LogP contribution in [0.1, 0.15) is 18.4 Å². The zero-order valence-corrected chi connectivity index (χ0v) is 9.77. The van der Waals surface area contributed by atoms with Crippen LogP contribution in [-0.4, -0.2) is 0 Å². The van der Waals surface area contributed by atoms with Crippen LogP contribution in [0.3, 0.4) is 0 Å². The van der Waals surface area contributed by atoms with Crippen LogP contribution in [-0.2, 0) is 13.0 Å². The van der Waals surface area contributed by atoms with Gasteiger partial charge < -0.3 is 9.73 Å². The number of furan rings is 1. The maximum atomic E-state index is 12.9. The molecule has 1 aromatic heterocycles. The molecule has 96 valence electrons. The van der Waals surface area contributed by atoms with Gasteiger partial charge in [-0.3, -0.25) is 0 Å². The summed E-state index contributed by atoms with van der Waals surface area (Å²) in [6.45, 7) is 2.24. The second-order valence-electron chi connectivity index (χ2n) is 3.83. The Morgan fingerprint density at radius 2 is 1.67 bits per heavy atom. The molecule has 0 aliphatic heterocycles. The Hall–Kier alpha value is -1.91. The average molecular weight is 255 g/mol. The molecule has 0 aliphatic carbocycles. The molecule has 1 N–H and O–H groups in total. The standard InChI is InChI=1S/C13H12F3NO/c1-2-9-3-4-10(18-9)7-17-8-5-11(14)13(16)12(15)6-8/h3-6,17H,2,7H2,1H3. The molecule has 0 fully saturated rings. The highest BCUT2D eigenvalue weighted by Gasteiger charge is 2.10. The fraction of sp³-hybridized carbons (Fsp3) is 0.231. The summed E-state index contributed by atoms with van der Waals surface area (Å²) in [7, 11) is 0. The van der Waals surface area contributed by atoms with E-state index in [1.165, 1.54) is 0 Å². The summed E-state index contributed by atoms with van der Waals surface area (Å²) in [5.41, 5.74) is 0.167. The number of aryl methyl sites for hydroxylation is 1. The van der Waals surface area contributed by atoms with Crippen molar-refractivity contribution in [3.63, 3.8) is 0 Å². The predicted octanol–water partition coefficient (Wildman–Crippen LogP) is 3.87. The van der Waals surface area contributed by atoms with Crippen LogP contribution in [0.4, 0.5) is 18.9 Å². The molecule has 0 spiro atoms. The topological polar surface area (TPSA) is 25.2 Å². The van der Waals surface area contributed by atoms with Crippen LogP contribution in [0.5, 0.6) is 0 Å². The van der Waals surface area contributed by atoms with E-state index in [-0.39, 0.29) is 12.2 Å². The SMILES string of the molecule is CCc1ccc(CNc2cc(F)c(F)c(F)c2)o1. The first-order chi connectivity index (χ1) is 8.60. The van der Waals surface area contributed by atoms with Crippen molar-refractivity contribution in [1.82, 2.24) is 0 Å². The van der Waals surface area contributed by atoms with Crippen molar-refractivity contribution in [3.05, 3.63) is 53.2 Å². The van der Waals surface area contributed by atoms with E-state index in [0.717, 1.165) is 24.3 Å². The Bertz CT molecular complexity index is 528. The van der Waals surface area contributed by atoms with E-state index in [4.69, 9.17) is 4.42 Å². The predicted molar refractivity (Wildman–Crippen MR) is 61.7 cm³/mol. The van der Waals surface area contributed by atoms with Gasteiger partial charge in [0.05, 0.1) is 6.54 Å². The van der Waals surface area contributed by atoms with Gasteiger partial charge in [0.1, 0.15) is 11.5 Å². The van der Waals surface area contributed by atoms with E-state index in [1.807, 2.05) is 13.0 Å². The Morgan fingerprint density at radius 3 is 2.22 bits per heavy atom. The minimum Gasteiger partial charge on any atom is -0.464 e. The molecule has 1 heterocycles. The van der Waals surface area contributed by atoms with E-state index in [2.05, 4.69) is 5.32 Å². The molecule has 2 nitrogen and oxygen atoms in total. The summed E-state index contributed by atoms with van der Waals surface area (Å²) in [5.74, 6) is -2.41. The first kappa shape index (κ1) is 12.5. The molecule has 5 heteroatoms. The molecule has 2 rings (SSSR count). The number of halogens is 3. The Kier molecular flexibility index (Phi) is 3.60. The monoisotopic (exact) mass is 255 g/mol. The Balaban J connectivity index is 2.06. The molecular weight excluding hydrogens is 243 g/mol. The summed E-state index contributed by atoms with van der Waals surface area (Å²) in [6.07, 6.45) is 0.778. The number of hydrogen-bond donors (Lipinski definition) is 1. The molecule has 0 unspecified atom stereocenters. The number of rotatable bonds is 4. The van der Waals surface area contributed by atoms with Gasteiger partial charge in [-0.05, 0) is 12.1 Å². The molecule has 0 aliphatic rings. The summed E-state index contributed by atoms with van der Waals surface area (Å²) < 4.78 is 44.0. The molecule has 0 bridgehead atoms. The van der Waals surface area contributed by atoms with Crippen molar-refractivity contribution >= 4 is 5.69 Å². The number of anilines is 1. The second kappa shape index (κ2) is 5.16. The van der Waals surface area contributed by atoms with Gasteiger partial charge in [-0.2, -0.15) is 0 Å². The third-order valence-electron chi connectivity index (χ3n) is 2.52. The molecule has 0 amide bonds. The lowest BCUT2D eigenvalue weighted by Crippen LogP contribution is -2.01. The third-order valence-corrected chi connectivity index (χ3v) is 2.52. The average Bonchev–Trinajstić information content (AvgIpc) is 2.81. The quantitative estimate of drug-likeness (QED) is 0.839. The van der Waals surface area contributed by atoms with Crippen molar-refractivity contribution in [2.45, 2.75) is 19.9 Å². The minimum absolute atomic E-state index is 0.167. The lowest BCUT2D eigenvalue weighted by atomic mass is 10.3. The molecule has 1 aromatic carbocycles. The molecule has 0 atom stereocenters. The van der Waals surface area contributed by atoms with Crippen molar-refractivity contribution in [2.24, 2.45) is 0 Å². The first-order valence-corrected chi connectivity index (χ1v) is 5.56. The lowest BCUT2D eigenvalue weighted by Gasteiger charge is -2.05. The van der Waals surface area contributed by atoms with E-state index >= 15 is 0 Å². The van der Waals surface area contributed by atoms with Gasteiger partial charge >= 0.3 is 0 Å². The van der Waals surface area contributed by atoms with Crippen LogP contribution >= 0.6 is 0 Å². The number of benzene rings is 1. The zero-order valence-electron chi connectivity index (χ0n) is 9.77. The van der Waals surface area contributed by atoms with Crippen LogP contribution in [0.25, 0.3) is 0 Å². The molecule has 0 radical (unpaired) electrons. The summed E-state index contributed by atoms with van der Waals surface area (Å²) in [5, 5.41) is 2.77. The van der Waals surface area contributed by atoms with Gasteiger partial charge in [-0.15, -0.1) is 0 Å². The minimum atomic E-state index is -1.47. The molecule has 18 heavy (non-hydrogen) atoms. The van der Waals surface area contributed by atoms with Gasteiger partial charge in [-0.1, -0.05) is 6.92 Å². The van der Waals surface area contributed by atoms with Crippen molar-refractivity contribution < 1.29 is 17.6 Å². The lowest BCUT2D eigenvalue weighted by molar-refractivity contribution is 0.447. The Labute approximate surface area is 102 Å². The summed E-state index contributed by atoms with van der Waals surface area (Å²) in [6, 6.07) is 5.43. The highest BCUT2D eigenvalue weighted by Crippen LogP contribution is 2.18. The van der Waals surface area contributed by atoms with E-state index in [9.17, 15) is 13.2 Å². The van der Waals surface area contributed by atoms with Crippen LogP contribution in [0.2, 0.25) is 0 Å². The summed E-state index contributed by atoms with van der Waals surface area (Å²) >= 11 is 0. The smallest absolute Gasteiger partial charge is 0.194 e. The highest BCUT2D eigenvalue weighted by molar-refractivity contribution is 5.44. The molecular formula is C13H12F3NO. The van der Waals surface area contributed by atoms with Gasteiger partial charge in [-0.25, -0.2) is 13.2 Å². The van der Waals surface area contributed by atoms with Crippen molar-refractivity contribution in [3.8, 4) is 0 Å². The fourth-order valence-corrected chi connectivity index (χ4v) is 1.55. The van der Waals surface area contributed by atoms with Gasteiger partial charge in [0.25, 0.3) is 0 Å². The van der Waals surface area contributed by atoms with Crippen LogP contribution in [0.15, 0.2) is 28.7 Å². The fourth-order valence-electron chi connectivity index (χ4n) is 1.55. The molecule has 0 saturated heterocycles. The third kappa shape index (κ3) is 2.67. The first-order valence-electron chi connectivity index (χ1n) is 5.56. The van der Waals surface area contributed by atoms with Crippen molar-refractivity contribution in [1.29, 1.82) is 0 Å². The zero-order chi connectivity index (χ0) is 13.1. The van der Waals surface area contributed by atoms with Crippen LogP contribution < -0.4 is 5.32 Å². The molecule has 2 aromatic rings. The summed E-state index contributed by atoms with van der Waals surface area (Å²) in [4.78, 5) is 0. The normalized spacial score (nSPS) is 10.7. The number of nitrogens with one attached hydrogen (secondary N) is 1. The largest absolute Gasteiger partial charge is 0.464 e. The van der Waals surface area contributed by atoms with Gasteiger partial charge in [0, 0.05) is 24.2 Å². The van der Waals surface area contributed by atoms with E-state index in [0.29, 0.717) is 5.76 Å². The highest BCUT2D eigenvalue weighted by atomic mass is 19.2. The van der Waals surface area contributed by atoms with Gasteiger partial charge in [0.15, 0.2) is 17.5 Å². The maximum absolute atomic E-state index is 12.9. The van der Waals surface area contributed by atoms with E-state index < -0.39 is 17.5 Å². The number of hydrogen-bond acceptors (Lipinski definition) is 2. The van der Waals surface area contributed by atoms with Crippen LogP contribution in [0, 0.1) is 17.5 Å².